The van der Waals surface area contributed by atoms with Crippen molar-refractivity contribution < 1.29 is 5.11 Å². The molecule has 0 saturated heterocycles. The third kappa shape index (κ3) is 3.32. The highest BCUT2D eigenvalue weighted by Gasteiger charge is 2.15. The lowest BCUT2D eigenvalue weighted by atomic mass is 10.1. The second kappa shape index (κ2) is 7.07. The van der Waals surface area contributed by atoms with E-state index in [-0.39, 0.29) is 6.61 Å². The smallest absolute Gasteiger partial charge is 0.116 e. The molecule has 0 unspecified atom stereocenters. The summed E-state index contributed by atoms with van der Waals surface area (Å²) in [7, 11) is 0. The first-order valence-corrected chi connectivity index (χ1v) is 7.41. The Labute approximate surface area is 128 Å². The summed E-state index contributed by atoms with van der Waals surface area (Å²) in [5.74, 6) is 0. The fraction of sp³-hybridized carbons (Fsp3) is 0.429. The van der Waals surface area contributed by atoms with Crippen LogP contribution in [0.4, 0.5) is 0 Å². The first kappa shape index (κ1) is 15.3. The molecule has 0 radical (unpaired) electrons. The topological polar surface area (TPSA) is 50.9 Å². The molecule has 2 rings (SSSR count). The highest BCUT2D eigenvalue weighted by atomic mass is 35.5. The van der Waals surface area contributed by atoms with Gasteiger partial charge in [-0.2, -0.15) is 0 Å². The molecule has 2 aromatic rings. The normalized spacial score (nSPS) is 11.0. The molecule has 108 valence electrons. The highest BCUT2D eigenvalue weighted by molar-refractivity contribution is 6.42. The second-order valence-electron chi connectivity index (χ2n) is 4.60. The van der Waals surface area contributed by atoms with E-state index in [9.17, 15) is 5.11 Å². The van der Waals surface area contributed by atoms with Gasteiger partial charge >= 0.3 is 0 Å². The molecule has 0 aliphatic carbocycles. The van der Waals surface area contributed by atoms with Gasteiger partial charge in [0.05, 0.1) is 22.3 Å². The standard InChI is InChI=1S/C14H17Cl2N3O/c1-2-3-4-7-19-14(13(9-20)17-18-19)10-5-6-11(15)12(16)8-10/h5-6,8,20H,2-4,7,9H2,1H3. The van der Waals surface area contributed by atoms with E-state index in [0.29, 0.717) is 15.7 Å². The van der Waals surface area contributed by atoms with Crippen LogP contribution in [0.25, 0.3) is 11.3 Å². The molecule has 0 aliphatic rings. The van der Waals surface area contributed by atoms with Crippen molar-refractivity contribution in [2.24, 2.45) is 0 Å². The molecule has 1 N–H and O–H groups in total. The number of halogens is 2. The van der Waals surface area contributed by atoms with E-state index in [1.165, 1.54) is 0 Å². The summed E-state index contributed by atoms with van der Waals surface area (Å²) in [5.41, 5.74) is 2.23. The Morgan fingerprint density at radius 1 is 1.20 bits per heavy atom. The number of aromatic nitrogens is 3. The quantitative estimate of drug-likeness (QED) is 0.822. The van der Waals surface area contributed by atoms with Crippen molar-refractivity contribution in [3.05, 3.63) is 33.9 Å². The van der Waals surface area contributed by atoms with E-state index in [1.807, 2.05) is 10.7 Å². The minimum Gasteiger partial charge on any atom is -0.390 e. The maximum atomic E-state index is 9.41. The van der Waals surface area contributed by atoms with Crippen molar-refractivity contribution in [1.29, 1.82) is 0 Å². The van der Waals surface area contributed by atoms with Gasteiger partial charge < -0.3 is 5.11 Å². The summed E-state index contributed by atoms with van der Waals surface area (Å²) >= 11 is 12.0. The van der Waals surface area contributed by atoms with Crippen LogP contribution in [0.15, 0.2) is 18.2 Å². The van der Waals surface area contributed by atoms with Crippen LogP contribution in [0, 0.1) is 0 Å². The molecule has 1 aromatic heterocycles. The Hall–Kier alpha value is -1.10. The zero-order valence-electron chi connectivity index (χ0n) is 11.3. The van der Waals surface area contributed by atoms with Gasteiger partial charge in [-0.25, -0.2) is 4.68 Å². The van der Waals surface area contributed by atoms with Crippen LogP contribution in [0.2, 0.25) is 10.0 Å². The highest BCUT2D eigenvalue weighted by Crippen LogP contribution is 2.30. The summed E-state index contributed by atoms with van der Waals surface area (Å²) in [6.07, 6.45) is 3.30. The Bertz CT molecular complexity index is 584. The Morgan fingerprint density at radius 2 is 2.00 bits per heavy atom. The van der Waals surface area contributed by atoms with E-state index in [0.717, 1.165) is 37.1 Å². The summed E-state index contributed by atoms with van der Waals surface area (Å²) in [6, 6.07) is 5.38. The summed E-state index contributed by atoms with van der Waals surface area (Å²) in [6.45, 7) is 2.78. The fourth-order valence-electron chi connectivity index (χ4n) is 2.08. The molecule has 0 bridgehead atoms. The number of aliphatic hydroxyl groups excluding tert-OH is 1. The van der Waals surface area contributed by atoms with Gasteiger partial charge in [0.15, 0.2) is 0 Å². The van der Waals surface area contributed by atoms with Crippen LogP contribution in [-0.4, -0.2) is 20.1 Å². The van der Waals surface area contributed by atoms with Gasteiger partial charge in [0.2, 0.25) is 0 Å². The number of nitrogens with zero attached hydrogens (tertiary/aromatic N) is 3. The third-order valence-corrected chi connectivity index (χ3v) is 3.86. The zero-order chi connectivity index (χ0) is 14.5. The largest absolute Gasteiger partial charge is 0.390 e. The minimum atomic E-state index is -0.149. The summed E-state index contributed by atoms with van der Waals surface area (Å²) in [4.78, 5) is 0. The Balaban J connectivity index is 2.36. The molecular formula is C14H17Cl2N3O. The molecular weight excluding hydrogens is 297 g/mol. The van der Waals surface area contributed by atoms with Crippen LogP contribution in [0.5, 0.6) is 0 Å². The van der Waals surface area contributed by atoms with Crippen molar-refractivity contribution in [2.75, 3.05) is 0 Å². The molecule has 4 nitrogen and oxygen atoms in total. The van der Waals surface area contributed by atoms with Crippen LogP contribution in [0.1, 0.15) is 31.9 Å². The minimum absolute atomic E-state index is 0.149. The lowest BCUT2D eigenvalue weighted by molar-refractivity contribution is 0.277. The molecule has 20 heavy (non-hydrogen) atoms. The van der Waals surface area contributed by atoms with Gasteiger partial charge in [0.25, 0.3) is 0 Å². The first-order chi connectivity index (χ1) is 9.67. The third-order valence-electron chi connectivity index (χ3n) is 3.12. The van der Waals surface area contributed by atoms with Crippen LogP contribution < -0.4 is 0 Å². The van der Waals surface area contributed by atoms with Gasteiger partial charge in [-0.1, -0.05) is 54.2 Å². The molecule has 0 saturated carbocycles. The summed E-state index contributed by atoms with van der Waals surface area (Å²) in [5, 5.41) is 18.5. The van der Waals surface area contributed by atoms with Crippen LogP contribution in [-0.2, 0) is 13.2 Å². The Kier molecular flexibility index (Phi) is 5.40. The first-order valence-electron chi connectivity index (χ1n) is 6.66. The molecule has 0 aliphatic heterocycles. The van der Waals surface area contributed by atoms with E-state index in [1.54, 1.807) is 12.1 Å². The average Bonchev–Trinajstić information content (AvgIpc) is 2.85. The molecule has 1 heterocycles. The SMILES string of the molecule is CCCCCn1nnc(CO)c1-c1ccc(Cl)c(Cl)c1. The number of unbranched alkanes of at least 4 members (excludes halogenated alkanes) is 2. The molecule has 0 atom stereocenters. The van der Waals surface area contributed by atoms with E-state index in [4.69, 9.17) is 23.2 Å². The number of aliphatic hydroxyl groups is 1. The molecule has 0 amide bonds. The monoisotopic (exact) mass is 313 g/mol. The zero-order valence-corrected chi connectivity index (χ0v) is 12.8. The number of hydrogen-bond acceptors (Lipinski definition) is 3. The fourth-order valence-corrected chi connectivity index (χ4v) is 2.38. The van der Waals surface area contributed by atoms with E-state index >= 15 is 0 Å². The molecule has 1 aromatic carbocycles. The maximum Gasteiger partial charge on any atom is 0.116 e. The van der Waals surface area contributed by atoms with Crippen molar-refractivity contribution in [3.8, 4) is 11.3 Å². The van der Waals surface area contributed by atoms with Crippen LogP contribution >= 0.6 is 23.2 Å². The van der Waals surface area contributed by atoms with Crippen molar-refractivity contribution >= 4 is 23.2 Å². The van der Waals surface area contributed by atoms with Gasteiger partial charge in [-0.05, 0) is 18.6 Å². The van der Waals surface area contributed by atoms with Gasteiger partial charge in [-0.3, -0.25) is 0 Å². The van der Waals surface area contributed by atoms with Crippen LogP contribution in [0.3, 0.4) is 0 Å². The molecule has 0 fully saturated rings. The number of aryl methyl sites for hydroxylation is 1. The predicted octanol–water partition coefficient (Wildman–Crippen LogP) is 3.93. The lowest BCUT2D eigenvalue weighted by Crippen LogP contribution is -2.03. The predicted molar refractivity (Wildman–Crippen MR) is 80.9 cm³/mol. The van der Waals surface area contributed by atoms with E-state index in [2.05, 4.69) is 17.2 Å². The number of rotatable bonds is 6. The lowest BCUT2D eigenvalue weighted by Gasteiger charge is -2.08. The Morgan fingerprint density at radius 3 is 2.65 bits per heavy atom. The molecule has 6 heteroatoms. The number of benzene rings is 1. The maximum absolute atomic E-state index is 9.41. The van der Waals surface area contributed by atoms with Crippen molar-refractivity contribution in [1.82, 2.24) is 15.0 Å². The second-order valence-corrected chi connectivity index (χ2v) is 5.42. The molecule has 0 spiro atoms. The van der Waals surface area contributed by atoms with E-state index < -0.39 is 0 Å². The van der Waals surface area contributed by atoms with Crippen molar-refractivity contribution in [2.45, 2.75) is 39.3 Å². The van der Waals surface area contributed by atoms with Gasteiger partial charge in [0, 0.05) is 12.1 Å². The van der Waals surface area contributed by atoms with Gasteiger partial charge in [0.1, 0.15) is 5.69 Å². The van der Waals surface area contributed by atoms with Crippen molar-refractivity contribution in [3.63, 3.8) is 0 Å². The number of hydrogen-bond donors (Lipinski definition) is 1. The summed E-state index contributed by atoms with van der Waals surface area (Å²) < 4.78 is 1.82. The average molecular weight is 314 g/mol. The van der Waals surface area contributed by atoms with Gasteiger partial charge in [-0.15, -0.1) is 5.10 Å².